The Labute approximate surface area is 103 Å². The summed E-state index contributed by atoms with van der Waals surface area (Å²) in [5, 5.41) is 9.02. The standard InChI is InChI=1S/C14H21NO2/c1-12(15-9-14(10-16)17-11-15)7-8-13-5-3-2-4-6-13/h2-6,12,14,16H,7-11H2,1H3. The highest BCUT2D eigenvalue weighted by Crippen LogP contribution is 2.15. The van der Waals surface area contributed by atoms with Gasteiger partial charge in [-0.05, 0) is 25.3 Å². The van der Waals surface area contributed by atoms with Crippen LogP contribution in [0.3, 0.4) is 0 Å². The fourth-order valence-electron chi connectivity index (χ4n) is 2.19. The van der Waals surface area contributed by atoms with Crippen LogP contribution in [-0.2, 0) is 11.2 Å². The van der Waals surface area contributed by atoms with E-state index in [4.69, 9.17) is 9.84 Å². The van der Waals surface area contributed by atoms with E-state index in [1.165, 1.54) is 5.56 Å². The van der Waals surface area contributed by atoms with E-state index >= 15 is 0 Å². The lowest BCUT2D eigenvalue weighted by Gasteiger charge is -2.22. The lowest BCUT2D eigenvalue weighted by atomic mass is 10.1. The Hall–Kier alpha value is -0.900. The molecular weight excluding hydrogens is 214 g/mol. The van der Waals surface area contributed by atoms with Crippen LogP contribution in [0.2, 0.25) is 0 Å². The topological polar surface area (TPSA) is 32.7 Å². The van der Waals surface area contributed by atoms with Gasteiger partial charge in [0, 0.05) is 12.6 Å². The third-order valence-electron chi connectivity index (χ3n) is 3.43. The first-order chi connectivity index (χ1) is 8.29. The molecule has 0 bridgehead atoms. The lowest BCUT2D eigenvalue weighted by molar-refractivity contribution is 0.0470. The maximum Gasteiger partial charge on any atom is 0.0999 e. The van der Waals surface area contributed by atoms with Gasteiger partial charge in [0.2, 0.25) is 0 Å². The molecule has 1 aliphatic heterocycles. The Morgan fingerprint density at radius 2 is 2.18 bits per heavy atom. The van der Waals surface area contributed by atoms with Crippen molar-refractivity contribution >= 4 is 0 Å². The molecule has 0 amide bonds. The molecule has 1 aromatic carbocycles. The SMILES string of the molecule is CC(CCc1ccccc1)N1COC(CO)C1. The van der Waals surface area contributed by atoms with Gasteiger partial charge in [0.1, 0.15) is 0 Å². The average molecular weight is 235 g/mol. The van der Waals surface area contributed by atoms with Gasteiger partial charge < -0.3 is 9.84 Å². The van der Waals surface area contributed by atoms with Gasteiger partial charge in [-0.1, -0.05) is 30.3 Å². The van der Waals surface area contributed by atoms with Crippen molar-refractivity contribution < 1.29 is 9.84 Å². The molecule has 2 rings (SSSR count). The summed E-state index contributed by atoms with van der Waals surface area (Å²) in [4.78, 5) is 2.30. The number of nitrogens with zero attached hydrogens (tertiary/aromatic N) is 1. The quantitative estimate of drug-likeness (QED) is 0.842. The van der Waals surface area contributed by atoms with Gasteiger partial charge in [-0.15, -0.1) is 0 Å². The Bertz CT molecular complexity index is 328. The molecule has 94 valence electrons. The third kappa shape index (κ3) is 3.53. The molecule has 3 nitrogen and oxygen atoms in total. The van der Waals surface area contributed by atoms with E-state index in [1.54, 1.807) is 0 Å². The summed E-state index contributed by atoms with van der Waals surface area (Å²) in [6, 6.07) is 11.1. The first-order valence-electron chi connectivity index (χ1n) is 6.30. The van der Waals surface area contributed by atoms with Crippen molar-refractivity contribution in [1.29, 1.82) is 0 Å². The zero-order valence-corrected chi connectivity index (χ0v) is 10.4. The minimum atomic E-state index is 0.00850. The highest BCUT2D eigenvalue weighted by molar-refractivity contribution is 5.14. The molecule has 1 fully saturated rings. The molecule has 1 N–H and O–H groups in total. The van der Waals surface area contributed by atoms with E-state index in [9.17, 15) is 0 Å². The van der Waals surface area contributed by atoms with Crippen LogP contribution in [0.1, 0.15) is 18.9 Å². The van der Waals surface area contributed by atoms with E-state index in [0.29, 0.717) is 12.8 Å². The van der Waals surface area contributed by atoms with Crippen LogP contribution in [0.25, 0.3) is 0 Å². The minimum absolute atomic E-state index is 0.00850. The summed E-state index contributed by atoms with van der Waals surface area (Å²) in [5.41, 5.74) is 1.39. The van der Waals surface area contributed by atoms with E-state index in [2.05, 4.69) is 36.1 Å². The van der Waals surface area contributed by atoms with Gasteiger partial charge in [-0.25, -0.2) is 0 Å². The van der Waals surface area contributed by atoms with E-state index in [-0.39, 0.29) is 12.7 Å². The van der Waals surface area contributed by atoms with Gasteiger partial charge in [-0.2, -0.15) is 0 Å². The summed E-state index contributed by atoms with van der Waals surface area (Å²) in [5.74, 6) is 0. The maximum absolute atomic E-state index is 9.02. The van der Waals surface area contributed by atoms with Crippen molar-refractivity contribution in [2.75, 3.05) is 19.9 Å². The van der Waals surface area contributed by atoms with Crippen molar-refractivity contribution in [3.63, 3.8) is 0 Å². The number of aryl methyl sites for hydroxylation is 1. The number of ether oxygens (including phenoxy) is 1. The highest BCUT2D eigenvalue weighted by Gasteiger charge is 2.25. The summed E-state index contributed by atoms with van der Waals surface area (Å²) in [6.07, 6.45) is 2.24. The summed E-state index contributed by atoms with van der Waals surface area (Å²) >= 11 is 0. The summed E-state index contributed by atoms with van der Waals surface area (Å²) < 4.78 is 5.46. The second-order valence-electron chi connectivity index (χ2n) is 4.74. The van der Waals surface area contributed by atoms with Crippen LogP contribution in [0.15, 0.2) is 30.3 Å². The van der Waals surface area contributed by atoms with E-state index < -0.39 is 0 Å². The van der Waals surface area contributed by atoms with Crippen LogP contribution < -0.4 is 0 Å². The molecule has 2 atom stereocenters. The largest absolute Gasteiger partial charge is 0.394 e. The summed E-state index contributed by atoms with van der Waals surface area (Å²) in [7, 11) is 0. The van der Waals surface area contributed by atoms with Crippen LogP contribution in [-0.4, -0.2) is 42.0 Å². The molecule has 0 radical (unpaired) electrons. The van der Waals surface area contributed by atoms with Crippen molar-refractivity contribution in [1.82, 2.24) is 4.90 Å². The Kier molecular flexibility index (Phi) is 4.54. The van der Waals surface area contributed by atoms with Crippen molar-refractivity contribution in [3.8, 4) is 0 Å². The first-order valence-corrected chi connectivity index (χ1v) is 6.30. The van der Waals surface area contributed by atoms with Crippen LogP contribution in [0, 0.1) is 0 Å². The van der Waals surface area contributed by atoms with Gasteiger partial charge in [-0.3, -0.25) is 4.90 Å². The maximum atomic E-state index is 9.02. The molecule has 0 aliphatic carbocycles. The molecule has 0 spiro atoms. The second kappa shape index (κ2) is 6.15. The van der Waals surface area contributed by atoms with Gasteiger partial charge in [0.25, 0.3) is 0 Å². The first kappa shape index (κ1) is 12.6. The molecule has 1 heterocycles. The van der Waals surface area contributed by atoms with Crippen molar-refractivity contribution in [2.24, 2.45) is 0 Å². The fraction of sp³-hybridized carbons (Fsp3) is 0.571. The van der Waals surface area contributed by atoms with Gasteiger partial charge >= 0.3 is 0 Å². The molecule has 1 aliphatic rings. The predicted octanol–water partition coefficient (Wildman–Crippen LogP) is 1.66. The van der Waals surface area contributed by atoms with Crippen LogP contribution in [0.4, 0.5) is 0 Å². The van der Waals surface area contributed by atoms with Crippen LogP contribution in [0.5, 0.6) is 0 Å². The Morgan fingerprint density at radius 1 is 1.41 bits per heavy atom. The molecule has 1 aromatic rings. The Balaban J connectivity index is 1.76. The third-order valence-corrected chi connectivity index (χ3v) is 3.43. The number of rotatable bonds is 5. The van der Waals surface area contributed by atoms with E-state index in [1.807, 2.05) is 6.07 Å². The molecule has 0 saturated carbocycles. The number of aliphatic hydroxyl groups excluding tert-OH is 1. The van der Waals surface area contributed by atoms with Crippen LogP contribution >= 0.6 is 0 Å². The number of hydrogen-bond acceptors (Lipinski definition) is 3. The molecular formula is C14H21NO2. The monoisotopic (exact) mass is 235 g/mol. The predicted molar refractivity (Wildman–Crippen MR) is 67.8 cm³/mol. The van der Waals surface area contributed by atoms with Crippen molar-refractivity contribution in [2.45, 2.75) is 31.9 Å². The van der Waals surface area contributed by atoms with Crippen molar-refractivity contribution in [3.05, 3.63) is 35.9 Å². The fourth-order valence-corrected chi connectivity index (χ4v) is 2.19. The van der Waals surface area contributed by atoms with Gasteiger partial charge in [0.05, 0.1) is 19.4 Å². The minimum Gasteiger partial charge on any atom is -0.394 e. The molecule has 3 heteroatoms. The molecule has 2 unspecified atom stereocenters. The second-order valence-corrected chi connectivity index (χ2v) is 4.74. The van der Waals surface area contributed by atoms with E-state index in [0.717, 1.165) is 19.4 Å². The number of benzene rings is 1. The average Bonchev–Trinajstić information content (AvgIpc) is 2.86. The lowest BCUT2D eigenvalue weighted by Crippen LogP contribution is -2.32. The summed E-state index contributed by atoms with van der Waals surface area (Å²) in [6.45, 7) is 3.86. The molecule has 17 heavy (non-hydrogen) atoms. The van der Waals surface area contributed by atoms with Gasteiger partial charge in [0.15, 0.2) is 0 Å². The zero-order valence-electron chi connectivity index (χ0n) is 10.4. The smallest absolute Gasteiger partial charge is 0.0999 e. The molecule has 0 aromatic heterocycles. The highest BCUT2D eigenvalue weighted by atomic mass is 16.5. The molecule has 1 saturated heterocycles. The number of hydrogen-bond donors (Lipinski definition) is 1. The zero-order chi connectivity index (χ0) is 12.1. The number of aliphatic hydroxyl groups is 1. The normalized spacial score (nSPS) is 22.8. The Morgan fingerprint density at radius 3 is 2.82 bits per heavy atom.